The van der Waals surface area contributed by atoms with Crippen LogP contribution >= 0.6 is 0 Å². The molecular formula is C17H21NO2. The molecule has 2 atom stereocenters. The number of carbonyl (C=O) groups excluding carboxylic acids is 2. The molecule has 0 aliphatic heterocycles. The summed E-state index contributed by atoms with van der Waals surface area (Å²) in [5, 5.41) is 2.95. The van der Waals surface area contributed by atoms with Crippen molar-refractivity contribution in [2.75, 3.05) is 5.32 Å². The van der Waals surface area contributed by atoms with Crippen LogP contribution in [0.5, 0.6) is 0 Å². The molecule has 2 saturated carbocycles. The van der Waals surface area contributed by atoms with E-state index in [-0.39, 0.29) is 17.1 Å². The highest BCUT2D eigenvalue weighted by Gasteiger charge is 2.64. The predicted octanol–water partition coefficient (Wildman–Crippen LogP) is 3.33. The highest BCUT2D eigenvalue weighted by molar-refractivity contribution is 6.15. The maximum atomic E-state index is 12.7. The SMILES string of the molecule is Cc1cccc(NC(=O)C23CCC(C2)C(C)(C)C3=O)c1. The van der Waals surface area contributed by atoms with Crippen LogP contribution in [0.25, 0.3) is 0 Å². The van der Waals surface area contributed by atoms with Crippen LogP contribution in [0.15, 0.2) is 24.3 Å². The van der Waals surface area contributed by atoms with Gasteiger partial charge in [0.1, 0.15) is 5.41 Å². The summed E-state index contributed by atoms with van der Waals surface area (Å²) >= 11 is 0. The number of amides is 1. The van der Waals surface area contributed by atoms with E-state index in [0.29, 0.717) is 12.3 Å². The van der Waals surface area contributed by atoms with Gasteiger partial charge in [-0.05, 0) is 49.8 Å². The Bertz CT molecular complexity index is 590. The van der Waals surface area contributed by atoms with Crippen LogP contribution in [0.2, 0.25) is 0 Å². The fourth-order valence-electron chi connectivity index (χ4n) is 3.95. The maximum absolute atomic E-state index is 12.7. The van der Waals surface area contributed by atoms with Gasteiger partial charge in [-0.15, -0.1) is 0 Å². The molecule has 3 heteroatoms. The molecular weight excluding hydrogens is 250 g/mol. The lowest BCUT2D eigenvalue weighted by molar-refractivity contribution is -0.142. The summed E-state index contributed by atoms with van der Waals surface area (Å²) in [6, 6.07) is 7.72. The number of hydrogen-bond donors (Lipinski definition) is 1. The average Bonchev–Trinajstić information content (AvgIpc) is 2.90. The van der Waals surface area contributed by atoms with Gasteiger partial charge in [0.25, 0.3) is 0 Å². The number of rotatable bonds is 2. The molecule has 1 N–H and O–H groups in total. The second-order valence-corrected chi connectivity index (χ2v) is 6.90. The molecule has 0 spiro atoms. The normalized spacial score (nSPS) is 30.6. The van der Waals surface area contributed by atoms with Gasteiger partial charge in [0.2, 0.25) is 5.91 Å². The van der Waals surface area contributed by atoms with Gasteiger partial charge < -0.3 is 5.32 Å². The molecule has 2 aliphatic carbocycles. The molecule has 106 valence electrons. The van der Waals surface area contributed by atoms with Crippen molar-refractivity contribution in [3.05, 3.63) is 29.8 Å². The fourth-order valence-corrected chi connectivity index (χ4v) is 3.95. The highest BCUT2D eigenvalue weighted by Crippen LogP contribution is 2.60. The van der Waals surface area contributed by atoms with Crippen molar-refractivity contribution in [1.29, 1.82) is 0 Å². The van der Waals surface area contributed by atoms with E-state index in [1.165, 1.54) is 0 Å². The molecule has 1 aromatic carbocycles. The van der Waals surface area contributed by atoms with E-state index < -0.39 is 5.41 Å². The van der Waals surface area contributed by atoms with E-state index >= 15 is 0 Å². The van der Waals surface area contributed by atoms with Crippen LogP contribution in [-0.2, 0) is 9.59 Å². The summed E-state index contributed by atoms with van der Waals surface area (Å²) in [6.45, 7) is 5.96. The van der Waals surface area contributed by atoms with E-state index in [2.05, 4.69) is 5.32 Å². The first-order valence-corrected chi connectivity index (χ1v) is 7.29. The zero-order chi connectivity index (χ0) is 14.5. The number of anilines is 1. The number of carbonyl (C=O) groups is 2. The minimum atomic E-state index is -0.780. The van der Waals surface area contributed by atoms with E-state index in [1.807, 2.05) is 45.0 Å². The molecule has 0 aromatic heterocycles. The highest BCUT2D eigenvalue weighted by atomic mass is 16.2. The molecule has 2 unspecified atom stereocenters. The van der Waals surface area contributed by atoms with Crippen molar-refractivity contribution < 1.29 is 9.59 Å². The zero-order valence-corrected chi connectivity index (χ0v) is 12.3. The fraction of sp³-hybridized carbons (Fsp3) is 0.529. The van der Waals surface area contributed by atoms with Crippen molar-refractivity contribution in [2.24, 2.45) is 16.7 Å². The third kappa shape index (κ3) is 1.72. The molecule has 1 amide bonds. The Hall–Kier alpha value is -1.64. The number of fused-ring (bicyclic) bond motifs is 2. The lowest BCUT2D eigenvalue weighted by Gasteiger charge is -2.32. The first kappa shape index (κ1) is 13.3. The number of benzene rings is 1. The molecule has 0 saturated heterocycles. The molecule has 2 fully saturated rings. The average molecular weight is 271 g/mol. The molecule has 3 nitrogen and oxygen atoms in total. The van der Waals surface area contributed by atoms with E-state index in [0.717, 1.165) is 24.1 Å². The Labute approximate surface area is 119 Å². The van der Waals surface area contributed by atoms with Gasteiger partial charge in [0, 0.05) is 11.1 Å². The topological polar surface area (TPSA) is 46.2 Å². The van der Waals surface area contributed by atoms with Crippen molar-refractivity contribution in [2.45, 2.75) is 40.0 Å². The zero-order valence-electron chi connectivity index (χ0n) is 12.3. The van der Waals surface area contributed by atoms with E-state index in [4.69, 9.17) is 0 Å². The van der Waals surface area contributed by atoms with Gasteiger partial charge in [-0.2, -0.15) is 0 Å². The first-order valence-electron chi connectivity index (χ1n) is 7.29. The summed E-state index contributed by atoms with van der Waals surface area (Å²) in [6.07, 6.45) is 2.41. The summed E-state index contributed by atoms with van der Waals surface area (Å²) in [5.74, 6) is 0.380. The third-order valence-electron chi connectivity index (χ3n) is 5.27. The Morgan fingerprint density at radius 1 is 1.35 bits per heavy atom. The summed E-state index contributed by atoms with van der Waals surface area (Å²) < 4.78 is 0. The minimum Gasteiger partial charge on any atom is -0.325 e. The minimum absolute atomic E-state index is 0.110. The molecule has 0 heterocycles. The smallest absolute Gasteiger partial charge is 0.238 e. The lowest BCUT2D eigenvalue weighted by atomic mass is 9.70. The van der Waals surface area contributed by atoms with Gasteiger partial charge in [-0.1, -0.05) is 26.0 Å². The summed E-state index contributed by atoms with van der Waals surface area (Å²) in [5.41, 5.74) is 0.758. The Balaban J connectivity index is 1.86. The van der Waals surface area contributed by atoms with Gasteiger partial charge in [0.15, 0.2) is 5.78 Å². The van der Waals surface area contributed by atoms with Crippen LogP contribution in [-0.4, -0.2) is 11.7 Å². The van der Waals surface area contributed by atoms with Crippen molar-refractivity contribution >= 4 is 17.4 Å². The van der Waals surface area contributed by atoms with Crippen LogP contribution in [0.1, 0.15) is 38.7 Å². The predicted molar refractivity (Wildman–Crippen MR) is 78.4 cm³/mol. The van der Waals surface area contributed by atoms with Crippen molar-refractivity contribution in [3.8, 4) is 0 Å². The molecule has 20 heavy (non-hydrogen) atoms. The van der Waals surface area contributed by atoms with Crippen molar-refractivity contribution in [1.82, 2.24) is 0 Å². The van der Waals surface area contributed by atoms with Crippen LogP contribution < -0.4 is 5.32 Å². The van der Waals surface area contributed by atoms with Gasteiger partial charge >= 0.3 is 0 Å². The van der Waals surface area contributed by atoms with E-state index in [9.17, 15) is 9.59 Å². The number of nitrogens with one attached hydrogen (secondary N) is 1. The molecule has 2 bridgehead atoms. The standard InChI is InChI=1S/C17H21NO2/c1-11-5-4-6-13(9-11)18-15(20)17-8-7-12(10-17)16(2,3)14(17)19/h4-6,9,12H,7-8,10H2,1-3H3,(H,18,20). The Morgan fingerprint density at radius 3 is 2.70 bits per heavy atom. The Kier molecular flexibility index (Phi) is 2.79. The van der Waals surface area contributed by atoms with Gasteiger partial charge in [-0.3, -0.25) is 9.59 Å². The number of hydrogen-bond acceptors (Lipinski definition) is 2. The Morgan fingerprint density at radius 2 is 2.10 bits per heavy atom. The maximum Gasteiger partial charge on any atom is 0.238 e. The van der Waals surface area contributed by atoms with Crippen LogP contribution in [0.3, 0.4) is 0 Å². The first-order chi connectivity index (χ1) is 9.36. The largest absolute Gasteiger partial charge is 0.325 e. The number of ketones is 1. The quantitative estimate of drug-likeness (QED) is 0.839. The van der Waals surface area contributed by atoms with E-state index in [1.54, 1.807) is 0 Å². The van der Waals surface area contributed by atoms with Gasteiger partial charge in [-0.25, -0.2) is 0 Å². The molecule has 2 aliphatic rings. The molecule has 1 aromatic rings. The van der Waals surface area contributed by atoms with Crippen molar-refractivity contribution in [3.63, 3.8) is 0 Å². The molecule has 3 rings (SSSR count). The molecule has 0 radical (unpaired) electrons. The summed E-state index contributed by atoms with van der Waals surface area (Å²) in [4.78, 5) is 25.3. The lowest BCUT2D eigenvalue weighted by Crippen LogP contribution is -2.44. The second kappa shape index (κ2) is 4.18. The second-order valence-electron chi connectivity index (χ2n) is 6.90. The van der Waals surface area contributed by atoms with Crippen LogP contribution in [0, 0.1) is 23.7 Å². The monoisotopic (exact) mass is 271 g/mol. The third-order valence-corrected chi connectivity index (χ3v) is 5.27. The van der Waals surface area contributed by atoms with Gasteiger partial charge in [0.05, 0.1) is 0 Å². The number of Topliss-reactive ketones (excluding diaryl/α,β-unsaturated/α-hetero) is 1. The summed E-state index contributed by atoms with van der Waals surface area (Å²) in [7, 11) is 0. The number of aryl methyl sites for hydroxylation is 1. The van der Waals surface area contributed by atoms with Crippen LogP contribution in [0.4, 0.5) is 5.69 Å².